The fraction of sp³-hybridized carbons (Fsp3) is 0.238. The lowest BCUT2D eigenvalue weighted by Gasteiger charge is -2.12. The van der Waals surface area contributed by atoms with Gasteiger partial charge < -0.3 is 10.1 Å². The summed E-state index contributed by atoms with van der Waals surface area (Å²) in [5.41, 5.74) is 2.84. The van der Waals surface area contributed by atoms with Crippen molar-refractivity contribution in [3.05, 3.63) is 64.7 Å². The van der Waals surface area contributed by atoms with Crippen molar-refractivity contribution in [3.8, 4) is 0 Å². The molecule has 0 fully saturated rings. The molecule has 0 spiro atoms. The highest BCUT2D eigenvalue weighted by Gasteiger charge is 2.19. The monoisotopic (exact) mass is 416 g/mol. The van der Waals surface area contributed by atoms with Gasteiger partial charge in [-0.3, -0.25) is 4.79 Å². The Morgan fingerprint density at radius 2 is 1.76 bits per heavy atom. The fourth-order valence-electron chi connectivity index (χ4n) is 2.58. The molecule has 29 heavy (non-hydrogen) atoms. The zero-order valence-electron chi connectivity index (χ0n) is 16.8. The molecule has 7 nitrogen and oxygen atoms in total. The number of carbonyl (C=O) groups excluding carboxylic acids is 2. The Hall–Kier alpha value is -2.97. The molecule has 0 atom stereocenters. The molecule has 8 heteroatoms. The lowest BCUT2D eigenvalue weighted by Crippen LogP contribution is -2.21. The topological polar surface area (TPSA) is 102 Å². The summed E-state index contributed by atoms with van der Waals surface area (Å²) in [5, 5.41) is 2.74. The molecule has 0 saturated carbocycles. The molecule has 0 aliphatic rings. The van der Waals surface area contributed by atoms with Crippen LogP contribution in [0.25, 0.3) is 6.08 Å². The van der Waals surface area contributed by atoms with Crippen LogP contribution >= 0.6 is 0 Å². The minimum absolute atomic E-state index is 0.0737. The third-order valence-corrected chi connectivity index (χ3v) is 5.85. The number of carbonyl (C=O) groups is 2. The summed E-state index contributed by atoms with van der Waals surface area (Å²) in [6.07, 6.45) is 2.94. The zero-order valence-corrected chi connectivity index (χ0v) is 17.6. The van der Waals surface area contributed by atoms with Gasteiger partial charge in [0.25, 0.3) is 5.91 Å². The highest BCUT2D eigenvalue weighted by Crippen LogP contribution is 2.22. The number of aryl methyl sites for hydroxylation is 1. The van der Waals surface area contributed by atoms with Gasteiger partial charge in [0, 0.05) is 17.3 Å². The van der Waals surface area contributed by atoms with Crippen LogP contribution in [-0.2, 0) is 19.6 Å². The maximum Gasteiger partial charge on any atom is 0.330 e. The number of esters is 1. The maximum atomic E-state index is 12.6. The first-order valence-electron chi connectivity index (χ1n) is 8.99. The van der Waals surface area contributed by atoms with Gasteiger partial charge in [0.05, 0.1) is 11.5 Å². The van der Waals surface area contributed by atoms with E-state index < -0.39 is 21.9 Å². The summed E-state index contributed by atoms with van der Waals surface area (Å²) in [6, 6.07) is 9.87. The van der Waals surface area contributed by atoms with Gasteiger partial charge in [-0.25, -0.2) is 17.9 Å². The summed E-state index contributed by atoms with van der Waals surface area (Å²) in [4.78, 5) is 24.0. The van der Waals surface area contributed by atoms with E-state index in [0.29, 0.717) is 23.4 Å². The molecular formula is C21H24N2O5S. The maximum absolute atomic E-state index is 12.6. The summed E-state index contributed by atoms with van der Waals surface area (Å²) in [6.45, 7) is 5.50. The Morgan fingerprint density at radius 1 is 1.10 bits per heavy atom. The molecule has 0 aliphatic carbocycles. The second kappa shape index (κ2) is 9.49. The van der Waals surface area contributed by atoms with Gasteiger partial charge in [0.15, 0.2) is 0 Å². The lowest BCUT2D eigenvalue weighted by atomic mass is 10.1. The molecule has 0 radical (unpaired) electrons. The number of benzene rings is 2. The van der Waals surface area contributed by atoms with Crippen molar-refractivity contribution in [2.75, 3.05) is 19.0 Å². The first kappa shape index (κ1) is 22.3. The van der Waals surface area contributed by atoms with Crippen LogP contribution in [0.4, 0.5) is 5.69 Å². The predicted molar refractivity (Wildman–Crippen MR) is 112 cm³/mol. The van der Waals surface area contributed by atoms with Crippen molar-refractivity contribution in [1.82, 2.24) is 4.72 Å². The smallest absolute Gasteiger partial charge is 0.330 e. The summed E-state index contributed by atoms with van der Waals surface area (Å²) < 4.78 is 31.5. The molecule has 154 valence electrons. The lowest BCUT2D eigenvalue weighted by molar-refractivity contribution is -0.137. The molecule has 0 unspecified atom stereocenters. The van der Waals surface area contributed by atoms with Crippen molar-refractivity contribution in [2.24, 2.45) is 0 Å². The van der Waals surface area contributed by atoms with E-state index in [4.69, 9.17) is 4.74 Å². The van der Waals surface area contributed by atoms with Crippen LogP contribution < -0.4 is 10.0 Å². The Bertz CT molecular complexity index is 1040. The fourth-order valence-corrected chi connectivity index (χ4v) is 3.65. The number of sulfonamides is 1. The summed E-state index contributed by atoms with van der Waals surface area (Å²) >= 11 is 0. The summed E-state index contributed by atoms with van der Waals surface area (Å²) in [5.74, 6) is -0.845. The molecule has 2 rings (SSSR count). The third-order valence-electron chi connectivity index (χ3n) is 4.31. The van der Waals surface area contributed by atoms with E-state index in [-0.39, 0.29) is 10.5 Å². The SMILES string of the molecule is CCOC(=O)/C=C/c1ccc(NC(=O)c2cc(C)c(C)c(S(=O)(=O)NC)c2)cc1. The zero-order chi connectivity index (χ0) is 21.6. The van der Waals surface area contributed by atoms with Crippen molar-refractivity contribution >= 4 is 33.7 Å². The molecule has 0 heterocycles. The van der Waals surface area contributed by atoms with E-state index in [0.717, 1.165) is 5.56 Å². The van der Waals surface area contributed by atoms with Crippen molar-refractivity contribution in [3.63, 3.8) is 0 Å². The number of hydrogen-bond acceptors (Lipinski definition) is 5. The van der Waals surface area contributed by atoms with E-state index >= 15 is 0 Å². The number of anilines is 1. The standard InChI is InChI=1S/C21H24N2O5S/c1-5-28-20(24)11-8-16-6-9-18(10-7-16)23-21(25)17-12-14(2)15(3)19(13-17)29(26,27)22-4/h6-13,22H,5H2,1-4H3,(H,23,25)/b11-8+. The van der Waals surface area contributed by atoms with Crippen LogP contribution in [0.1, 0.15) is 34.0 Å². The average Bonchev–Trinajstić information content (AvgIpc) is 2.69. The number of ether oxygens (including phenoxy) is 1. The Balaban J connectivity index is 2.19. The molecule has 0 aliphatic heterocycles. The second-order valence-electron chi connectivity index (χ2n) is 6.29. The first-order valence-corrected chi connectivity index (χ1v) is 10.5. The average molecular weight is 416 g/mol. The van der Waals surface area contributed by atoms with Crippen LogP contribution in [0.3, 0.4) is 0 Å². The van der Waals surface area contributed by atoms with Crippen LogP contribution in [-0.4, -0.2) is 33.9 Å². The molecule has 2 aromatic carbocycles. The third kappa shape index (κ3) is 5.75. The molecule has 1 amide bonds. The van der Waals surface area contributed by atoms with Gasteiger partial charge in [-0.1, -0.05) is 12.1 Å². The van der Waals surface area contributed by atoms with Crippen molar-refractivity contribution in [1.29, 1.82) is 0 Å². The van der Waals surface area contributed by atoms with Gasteiger partial charge in [-0.05, 0) is 74.9 Å². The summed E-state index contributed by atoms with van der Waals surface area (Å²) in [7, 11) is -2.35. The molecule has 0 saturated heterocycles. The highest BCUT2D eigenvalue weighted by atomic mass is 32.2. The van der Waals surface area contributed by atoms with E-state index in [1.165, 1.54) is 19.2 Å². The van der Waals surface area contributed by atoms with Gasteiger partial charge in [-0.2, -0.15) is 0 Å². The van der Waals surface area contributed by atoms with E-state index in [2.05, 4.69) is 10.0 Å². The van der Waals surface area contributed by atoms with Gasteiger partial charge in [-0.15, -0.1) is 0 Å². The molecule has 2 aromatic rings. The second-order valence-corrected chi connectivity index (χ2v) is 8.14. The van der Waals surface area contributed by atoms with E-state index in [9.17, 15) is 18.0 Å². The van der Waals surface area contributed by atoms with E-state index in [1.54, 1.807) is 57.2 Å². The minimum Gasteiger partial charge on any atom is -0.463 e. The van der Waals surface area contributed by atoms with Crippen LogP contribution in [0.5, 0.6) is 0 Å². The van der Waals surface area contributed by atoms with Crippen molar-refractivity contribution in [2.45, 2.75) is 25.7 Å². The normalized spacial score (nSPS) is 11.4. The highest BCUT2D eigenvalue weighted by molar-refractivity contribution is 7.89. The van der Waals surface area contributed by atoms with Gasteiger partial charge >= 0.3 is 5.97 Å². The minimum atomic E-state index is -3.68. The molecular weight excluding hydrogens is 392 g/mol. The Labute approximate surface area is 170 Å². The van der Waals surface area contributed by atoms with E-state index in [1.807, 2.05) is 0 Å². The van der Waals surface area contributed by atoms with Crippen molar-refractivity contribution < 1.29 is 22.7 Å². The van der Waals surface area contributed by atoms with Gasteiger partial charge in [0.1, 0.15) is 0 Å². The van der Waals surface area contributed by atoms with Gasteiger partial charge in [0.2, 0.25) is 10.0 Å². The molecule has 0 aromatic heterocycles. The number of nitrogens with one attached hydrogen (secondary N) is 2. The molecule has 0 bridgehead atoms. The number of amides is 1. The predicted octanol–water partition coefficient (Wildman–Crippen LogP) is 3.04. The largest absolute Gasteiger partial charge is 0.463 e. The molecule has 2 N–H and O–H groups in total. The number of hydrogen-bond donors (Lipinski definition) is 2. The first-order chi connectivity index (χ1) is 13.7. The van der Waals surface area contributed by atoms with Crippen LogP contribution in [0.15, 0.2) is 47.4 Å². The number of rotatable bonds is 7. The quantitative estimate of drug-likeness (QED) is 0.534. The Kier molecular flexibility index (Phi) is 7.30. The Morgan fingerprint density at radius 3 is 2.34 bits per heavy atom. The van der Waals surface area contributed by atoms with Crippen LogP contribution in [0, 0.1) is 13.8 Å². The van der Waals surface area contributed by atoms with Crippen LogP contribution in [0.2, 0.25) is 0 Å².